The summed E-state index contributed by atoms with van der Waals surface area (Å²) in [6, 6.07) is 7.70. The van der Waals surface area contributed by atoms with Crippen LogP contribution in [-0.4, -0.2) is 55.1 Å². The highest BCUT2D eigenvalue weighted by molar-refractivity contribution is 5.49. The molecule has 2 heterocycles. The highest BCUT2D eigenvalue weighted by Gasteiger charge is 2.30. The Kier molecular flexibility index (Phi) is 5.55. The summed E-state index contributed by atoms with van der Waals surface area (Å²) in [4.78, 5) is 15.0. The second-order valence-corrected chi connectivity index (χ2v) is 7.11. The normalized spacial score (nSPS) is 17.9. The second kappa shape index (κ2) is 7.72. The van der Waals surface area contributed by atoms with Crippen molar-refractivity contribution in [3.8, 4) is 0 Å². The third-order valence-corrected chi connectivity index (χ3v) is 4.94. The Morgan fingerprint density at radius 2 is 1.74 bits per heavy atom. The summed E-state index contributed by atoms with van der Waals surface area (Å²) < 4.78 is 38.0. The highest BCUT2D eigenvalue weighted by atomic mass is 19.4. The molecule has 1 fully saturated rings. The standard InChI is InChI=1S/C19H24F3N5/c1-25(2)17-10-18(24-13-23-17)26(3)16-8-9-27(12-16)11-14-4-6-15(7-5-14)19(20,21)22/h4-7,10,13,16H,8-9,11-12H2,1-3H3. The lowest BCUT2D eigenvalue weighted by Gasteiger charge is -2.26. The molecule has 1 aromatic heterocycles. The molecule has 0 spiro atoms. The summed E-state index contributed by atoms with van der Waals surface area (Å²) in [6.07, 6.45) is -1.74. The van der Waals surface area contributed by atoms with Crippen LogP contribution in [0, 0.1) is 0 Å². The maximum absolute atomic E-state index is 12.7. The van der Waals surface area contributed by atoms with Gasteiger partial charge in [0.25, 0.3) is 0 Å². The van der Waals surface area contributed by atoms with Crippen molar-refractivity contribution < 1.29 is 13.2 Å². The van der Waals surface area contributed by atoms with E-state index >= 15 is 0 Å². The molecule has 146 valence electrons. The van der Waals surface area contributed by atoms with Crippen LogP contribution >= 0.6 is 0 Å². The Hall–Kier alpha value is -2.35. The van der Waals surface area contributed by atoms with Crippen molar-refractivity contribution in [2.45, 2.75) is 25.2 Å². The van der Waals surface area contributed by atoms with Gasteiger partial charge in [0.05, 0.1) is 5.56 Å². The maximum atomic E-state index is 12.7. The van der Waals surface area contributed by atoms with Crippen molar-refractivity contribution in [2.24, 2.45) is 0 Å². The van der Waals surface area contributed by atoms with E-state index in [2.05, 4.69) is 19.8 Å². The zero-order chi connectivity index (χ0) is 19.6. The molecule has 0 saturated carbocycles. The van der Waals surface area contributed by atoms with Crippen molar-refractivity contribution in [1.82, 2.24) is 14.9 Å². The molecule has 0 radical (unpaired) electrons. The lowest BCUT2D eigenvalue weighted by atomic mass is 10.1. The van der Waals surface area contributed by atoms with E-state index < -0.39 is 11.7 Å². The summed E-state index contributed by atoms with van der Waals surface area (Å²) in [5, 5.41) is 0. The van der Waals surface area contributed by atoms with Crippen LogP contribution in [0.3, 0.4) is 0 Å². The SMILES string of the molecule is CN(C)c1cc(N(C)C2CCN(Cc3ccc(C(F)(F)F)cc3)C2)ncn1. The van der Waals surface area contributed by atoms with Crippen LogP contribution in [0.1, 0.15) is 17.5 Å². The zero-order valence-electron chi connectivity index (χ0n) is 15.7. The molecule has 0 amide bonds. The molecule has 3 rings (SSSR count). The number of anilines is 2. The number of alkyl halides is 3. The molecule has 1 aliphatic rings. The largest absolute Gasteiger partial charge is 0.416 e. The first kappa shape index (κ1) is 19.4. The molecule has 1 unspecified atom stereocenters. The van der Waals surface area contributed by atoms with E-state index in [1.54, 1.807) is 18.5 Å². The summed E-state index contributed by atoms with van der Waals surface area (Å²) in [7, 11) is 5.90. The van der Waals surface area contributed by atoms with Gasteiger partial charge >= 0.3 is 6.18 Å². The number of rotatable bonds is 5. The number of aromatic nitrogens is 2. The van der Waals surface area contributed by atoms with Gasteiger partial charge in [-0.3, -0.25) is 4.90 Å². The first-order valence-corrected chi connectivity index (χ1v) is 8.85. The Bertz CT molecular complexity index is 761. The van der Waals surface area contributed by atoms with E-state index in [1.165, 1.54) is 0 Å². The number of hydrogen-bond donors (Lipinski definition) is 0. The third-order valence-electron chi connectivity index (χ3n) is 4.94. The minimum absolute atomic E-state index is 0.310. The van der Waals surface area contributed by atoms with Crippen LogP contribution in [0.5, 0.6) is 0 Å². The number of nitrogens with zero attached hydrogens (tertiary/aromatic N) is 5. The fourth-order valence-corrected chi connectivity index (χ4v) is 3.29. The molecule has 1 saturated heterocycles. The van der Waals surface area contributed by atoms with Gasteiger partial charge in [-0.15, -0.1) is 0 Å². The monoisotopic (exact) mass is 379 g/mol. The molecule has 0 bridgehead atoms. The van der Waals surface area contributed by atoms with Crippen LogP contribution < -0.4 is 9.80 Å². The van der Waals surface area contributed by atoms with E-state index in [0.717, 1.165) is 48.8 Å². The third kappa shape index (κ3) is 4.68. The Morgan fingerprint density at radius 3 is 2.37 bits per heavy atom. The van der Waals surface area contributed by atoms with Crippen molar-refractivity contribution in [3.05, 3.63) is 47.8 Å². The van der Waals surface area contributed by atoms with Gasteiger partial charge in [0.2, 0.25) is 0 Å². The van der Waals surface area contributed by atoms with Crippen molar-refractivity contribution in [2.75, 3.05) is 44.0 Å². The fourth-order valence-electron chi connectivity index (χ4n) is 3.29. The van der Waals surface area contributed by atoms with Crippen molar-refractivity contribution in [1.29, 1.82) is 0 Å². The summed E-state index contributed by atoms with van der Waals surface area (Å²) >= 11 is 0. The number of halogens is 3. The number of benzene rings is 1. The molecular formula is C19H24F3N5. The van der Waals surface area contributed by atoms with E-state index in [0.29, 0.717) is 12.6 Å². The van der Waals surface area contributed by atoms with Gasteiger partial charge in [0, 0.05) is 52.9 Å². The Balaban J connectivity index is 1.60. The predicted octanol–water partition coefficient (Wildman–Crippen LogP) is 3.27. The lowest BCUT2D eigenvalue weighted by molar-refractivity contribution is -0.137. The van der Waals surface area contributed by atoms with Crippen molar-refractivity contribution >= 4 is 11.6 Å². The van der Waals surface area contributed by atoms with Crippen molar-refractivity contribution in [3.63, 3.8) is 0 Å². The minimum atomic E-state index is -4.29. The minimum Gasteiger partial charge on any atom is -0.363 e. The quantitative estimate of drug-likeness (QED) is 0.797. The van der Waals surface area contributed by atoms with Crippen LogP contribution in [0.2, 0.25) is 0 Å². The molecule has 1 aromatic carbocycles. The molecule has 1 aliphatic heterocycles. The summed E-state index contributed by atoms with van der Waals surface area (Å²) in [5.74, 6) is 1.72. The molecule has 1 atom stereocenters. The molecular weight excluding hydrogens is 355 g/mol. The number of likely N-dealkylation sites (N-methyl/N-ethyl adjacent to an activating group) is 1. The van der Waals surface area contributed by atoms with E-state index in [4.69, 9.17) is 0 Å². The van der Waals surface area contributed by atoms with Gasteiger partial charge in [-0.25, -0.2) is 9.97 Å². The highest BCUT2D eigenvalue weighted by Crippen LogP contribution is 2.29. The fraction of sp³-hybridized carbons (Fsp3) is 0.474. The molecule has 0 aliphatic carbocycles. The van der Waals surface area contributed by atoms with Gasteiger partial charge in [0.15, 0.2) is 0 Å². The van der Waals surface area contributed by atoms with E-state index in [-0.39, 0.29) is 0 Å². The van der Waals surface area contributed by atoms with Crippen LogP contribution in [0.15, 0.2) is 36.7 Å². The predicted molar refractivity (Wildman–Crippen MR) is 99.9 cm³/mol. The molecule has 0 N–H and O–H groups in total. The van der Waals surface area contributed by atoms with E-state index in [9.17, 15) is 13.2 Å². The zero-order valence-corrected chi connectivity index (χ0v) is 15.7. The van der Waals surface area contributed by atoms with Gasteiger partial charge in [-0.05, 0) is 24.1 Å². The number of hydrogen-bond acceptors (Lipinski definition) is 5. The summed E-state index contributed by atoms with van der Waals surface area (Å²) in [5.41, 5.74) is 0.286. The Labute approximate surface area is 157 Å². The van der Waals surface area contributed by atoms with Gasteiger partial charge in [-0.1, -0.05) is 12.1 Å². The van der Waals surface area contributed by atoms with Crippen LogP contribution in [-0.2, 0) is 12.7 Å². The van der Waals surface area contributed by atoms with Crippen LogP contribution in [0.4, 0.5) is 24.8 Å². The van der Waals surface area contributed by atoms with Crippen LogP contribution in [0.25, 0.3) is 0 Å². The smallest absolute Gasteiger partial charge is 0.363 e. The number of likely N-dealkylation sites (tertiary alicyclic amines) is 1. The second-order valence-electron chi connectivity index (χ2n) is 7.11. The summed E-state index contributed by atoms with van der Waals surface area (Å²) in [6.45, 7) is 2.40. The molecule has 8 heteroatoms. The van der Waals surface area contributed by atoms with Gasteiger partial charge < -0.3 is 9.80 Å². The molecule has 5 nitrogen and oxygen atoms in total. The maximum Gasteiger partial charge on any atom is 0.416 e. The topological polar surface area (TPSA) is 35.5 Å². The average Bonchev–Trinajstić information content (AvgIpc) is 3.09. The first-order valence-electron chi connectivity index (χ1n) is 8.85. The van der Waals surface area contributed by atoms with Gasteiger partial charge in [-0.2, -0.15) is 13.2 Å². The Morgan fingerprint density at radius 1 is 1.07 bits per heavy atom. The van der Waals surface area contributed by atoms with Gasteiger partial charge in [0.1, 0.15) is 18.0 Å². The molecule has 27 heavy (non-hydrogen) atoms. The average molecular weight is 379 g/mol. The first-order chi connectivity index (χ1) is 12.7. The van der Waals surface area contributed by atoms with E-state index in [1.807, 2.05) is 32.1 Å². The molecule has 2 aromatic rings. The lowest BCUT2D eigenvalue weighted by Crippen LogP contribution is -2.35.